The molecule has 0 atom stereocenters. The molecule has 338 valence electrons. The van der Waals surface area contributed by atoms with Crippen LogP contribution in [0.5, 0.6) is 0 Å². The van der Waals surface area contributed by atoms with E-state index in [-0.39, 0.29) is 13.4 Å². The highest BCUT2D eigenvalue weighted by atomic mass is 32.2. The fourth-order valence-corrected chi connectivity index (χ4v) is 16.8. The highest BCUT2D eigenvalue weighted by Gasteiger charge is 2.42. The summed E-state index contributed by atoms with van der Waals surface area (Å²) in [5.74, 6) is 0. The summed E-state index contributed by atoms with van der Waals surface area (Å²) < 4.78 is 10.1. The van der Waals surface area contributed by atoms with Crippen LogP contribution in [-0.2, 0) is 0 Å². The van der Waals surface area contributed by atoms with E-state index in [1.807, 2.05) is 23.5 Å². The second-order valence-electron chi connectivity index (χ2n) is 20.7. The number of rotatable bonds is 2. The van der Waals surface area contributed by atoms with E-state index in [9.17, 15) is 0 Å². The van der Waals surface area contributed by atoms with Crippen molar-refractivity contribution in [2.75, 3.05) is 0 Å². The number of para-hydroxylation sites is 6. The van der Waals surface area contributed by atoms with Crippen LogP contribution < -0.4 is 32.8 Å². The monoisotopic (exact) mass is 970 g/mol. The van der Waals surface area contributed by atoms with E-state index >= 15 is 0 Å². The molecule has 0 N–H and O–H groups in total. The molecule has 0 radical (unpaired) electrons. The Kier molecular flexibility index (Phi) is 7.25. The van der Waals surface area contributed by atoms with Crippen molar-refractivity contribution in [3.63, 3.8) is 0 Å². The second-order valence-corrected chi connectivity index (χ2v) is 22.8. The molecule has 0 aliphatic carbocycles. The molecule has 11 aromatic carbocycles. The summed E-state index contributed by atoms with van der Waals surface area (Å²) in [6.07, 6.45) is 0. The predicted molar refractivity (Wildman–Crippen MR) is 314 cm³/mol. The predicted octanol–water partition coefficient (Wildman–Crippen LogP) is 12.7. The summed E-state index contributed by atoms with van der Waals surface area (Å²) >= 11 is 3.86. The van der Waals surface area contributed by atoms with E-state index in [0.717, 1.165) is 0 Å². The van der Waals surface area contributed by atoms with Crippen LogP contribution in [0.25, 0.3) is 110 Å². The van der Waals surface area contributed by atoms with Crippen LogP contribution in [0.15, 0.2) is 238 Å². The lowest BCUT2D eigenvalue weighted by molar-refractivity contribution is 1.15. The second kappa shape index (κ2) is 13.7. The largest absolute Gasteiger partial charge is 0.310 e. The molecule has 4 aromatic heterocycles. The van der Waals surface area contributed by atoms with Crippen molar-refractivity contribution in [1.29, 1.82) is 0 Å². The van der Waals surface area contributed by atoms with Gasteiger partial charge in [0, 0.05) is 96.5 Å². The van der Waals surface area contributed by atoms with Crippen LogP contribution in [0.4, 0.5) is 0 Å². The minimum atomic E-state index is 0.119. The van der Waals surface area contributed by atoms with E-state index in [0.29, 0.717) is 0 Å². The molecule has 8 heteroatoms. The zero-order valence-electron chi connectivity index (χ0n) is 39.5. The molecule has 4 aliphatic rings. The number of benzene rings is 11. The minimum absolute atomic E-state index is 0.119. The molecule has 4 nitrogen and oxygen atoms in total. The SMILES string of the molecule is c1cc2c3c(c1)-n1c4cc5c(cc4c4cccc(c41)B3c1ccc(-n3c4ccccc4c4ccccc43)cc1S2)c1cccc2c1n5-c1cccc3c1B2c1ccc(-n2c4ccccc4c4ccccc42)cc1S3. The van der Waals surface area contributed by atoms with Gasteiger partial charge in [0.2, 0.25) is 13.4 Å². The molecule has 4 aliphatic heterocycles. The van der Waals surface area contributed by atoms with Crippen molar-refractivity contribution < 1.29 is 0 Å². The van der Waals surface area contributed by atoms with Crippen LogP contribution in [0, 0.1) is 0 Å². The fraction of sp³-hybridized carbons (Fsp3) is 0. The summed E-state index contributed by atoms with van der Waals surface area (Å²) in [6.45, 7) is 0.238. The first kappa shape index (κ1) is 39.0. The van der Waals surface area contributed by atoms with Gasteiger partial charge in [0.15, 0.2) is 0 Å². The van der Waals surface area contributed by atoms with Gasteiger partial charge in [-0.05, 0) is 107 Å². The van der Waals surface area contributed by atoms with E-state index < -0.39 is 0 Å². The average molecular weight is 971 g/mol. The fourth-order valence-electron chi connectivity index (χ4n) is 14.4. The summed E-state index contributed by atoms with van der Waals surface area (Å²) in [7, 11) is 0. The van der Waals surface area contributed by atoms with Crippen molar-refractivity contribution >= 4 is 157 Å². The van der Waals surface area contributed by atoms with Gasteiger partial charge in [0.1, 0.15) is 0 Å². The Morgan fingerprint density at radius 2 is 0.649 bits per heavy atom. The molecule has 0 bridgehead atoms. The molecule has 0 amide bonds. The van der Waals surface area contributed by atoms with Gasteiger partial charge in [-0.1, -0.05) is 168 Å². The zero-order valence-corrected chi connectivity index (χ0v) is 41.2. The Bertz CT molecular complexity index is 4710. The topological polar surface area (TPSA) is 19.7 Å². The third-order valence-corrected chi connectivity index (χ3v) is 19.6. The van der Waals surface area contributed by atoms with E-state index in [2.05, 4.69) is 237 Å². The van der Waals surface area contributed by atoms with Gasteiger partial charge in [-0.2, -0.15) is 0 Å². The molecule has 15 aromatic rings. The minimum Gasteiger partial charge on any atom is -0.310 e. The van der Waals surface area contributed by atoms with Crippen LogP contribution in [0.1, 0.15) is 0 Å². The lowest BCUT2D eigenvalue weighted by Gasteiger charge is -2.33. The third kappa shape index (κ3) is 4.70. The van der Waals surface area contributed by atoms with Gasteiger partial charge in [-0.25, -0.2) is 0 Å². The van der Waals surface area contributed by atoms with Crippen LogP contribution >= 0.6 is 23.5 Å². The van der Waals surface area contributed by atoms with Gasteiger partial charge in [0.05, 0.1) is 33.1 Å². The molecule has 0 fully saturated rings. The highest BCUT2D eigenvalue weighted by molar-refractivity contribution is 8.00. The van der Waals surface area contributed by atoms with E-state index in [1.165, 1.54) is 162 Å². The van der Waals surface area contributed by atoms with Gasteiger partial charge >= 0.3 is 0 Å². The molecule has 0 saturated heterocycles. The van der Waals surface area contributed by atoms with E-state index in [1.54, 1.807) is 0 Å². The normalized spacial score (nSPS) is 13.8. The molecular formula is C66H36B2N4S2. The Labute approximate surface area is 433 Å². The number of fused-ring (bicyclic) bond motifs is 20. The summed E-state index contributed by atoms with van der Waals surface area (Å²) in [5.41, 5.74) is 23.4. The number of hydrogen-bond donors (Lipinski definition) is 0. The smallest absolute Gasteiger partial charge is 0.249 e. The summed E-state index contributed by atoms with van der Waals surface area (Å²) in [5, 5.41) is 10.4. The molecule has 74 heavy (non-hydrogen) atoms. The number of hydrogen-bond acceptors (Lipinski definition) is 2. The van der Waals surface area contributed by atoms with Crippen molar-refractivity contribution in [3.8, 4) is 22.7 Å². The standard InChI is InChI=1S/C66H36B2N4S2/c1-5-21-51-39(13-1)40-14-2-6-22-52(40)69(51)37-29-31-47-61(33-37)73-59-27-11-25-55-63(59)67(47)49-19-9-17-43-45-35-46-44-18-10-20-50-66(44)72(58(46)36-57(45)71(55)65(43)49)56-26-12-28-60-64(56)68(50)48-32-30-38(34-62(48)74-60)70-53-23-7-3-15-41(53)42-16-4-8-24-54(42)70/h1-36H. The maximum atomic E-state index is 2.62. The molecule has 0 unspecified atom stereocenters. The summed E-state index contributed by atoms with van der Waals surface area (Å²) in [4.78, 5) is 5.32. The van der Waals surface area contributed by atoms with Crippen molar-refractivity contribution in [2.24, 2.45) is 0 Å². The maximum absolute atomic E-state index is 2.62. The first-order valence-electron chi connectivity index (χ1n) is 25.6. The lowest BCUT2D eigenvalue weighted by Crippen LogP contribution is -2.58. The van der Waals surface area contributed by atoms with Gasteiger partial charge in [-0.3, -0.25) is 0 Å². The van der Waals surface area contributed by atoms with Crippen LogP contribution in [0.2, 0.25) is 0 Å². The van der Waals surface area contributed by atoms with Crippen molar-refractivity contribution in [2.45, 2.75) is 19.6 Å². The molecule has 0 spiro atoms. The van der Waals surface area contributed by atoms with Crippen LogP contribution in [-0.4, -0.2) is 31.7 Å². The Morgan fingerprint density at radius 1 is 0.257 bits per heavy atom. The quantitative estimate of drug-likeness (QED) is 0.161. The molecule has 19 rings (SSSR count). The average Bonchev–Trinajstić information content (AvgIpc) is 4.26. The zero-order chi connectivity index (χ0) is 47.7. The number of nitrogens with zero attached hydrogens (tertiary/aromatic N) is 4. The first-order chi connectivity index (χ1) is 36.7. The number of aromatic nitrogens is 4. The first-order valence-corrected chi connectivity index (χ1v) is 27.3. The Morgan fingerprint density at radius 3 is 1.08 bits per heavy atom. The van der Waals surface area contributed by atoms with Gasteiger partial charge in [0.25, 0.3) is 0 Å². The van der Waals surface area contributed by atoms with Gasteiger partial charge < -0.3 is 18.3 Å². The molecule has 0 saturated carbocycles. The lowest BCUT2D eigenvalue weighted by atomic mass is 9.35. The van der Waals surface area contributed by atoms with Gasteiger partial charge in [-0.15, -0.1) is 0 Å². The third-order valence-electron chi connectivity index (χ3n) is 17.3. The van der Waals surface area contributed by atoms with Crippen LogP contribution in [0.3, 0.4) is 0 Å². The maximum Gasteiger partial charge on any atom is 0.249 e. The molecule has 8 heterocycles. The Balaban J connectivity index is 0.807. The van der Waals surface area contributed by atoms with Crippen molar-refractivity contribution in [3.05, 3.63) is 218 Å². The highest BCUT2D eigenvalue weighted by Crippen LogP contribution is 2.45. The van der Waals surface area contributed by atoms with Crippen molar-refractivity contribution in [1.82, 2.24) is 18.3 Å². The molecular weight excluding hydrogens is 935 g/mol. The summed E-state index contributed by atoms with van der Waals surface area (Å²) in [6, 6.07) is 83.0. The Hall–Kier alpha value is -8.55. The van der Waals surface area contributed by atoms with E-state index in [4.69, 9.17) is 0 Å².